The third-order valence-corrected chi connectivity index (χ3v) is 4.55. The van der Waals surface area contributed by atoms with Crippen molar-refractivity contribution in [2.75, 3.05) is 0 Å². The van der Waals surface area contributed by atoms with Crippen molar-refractivity contribution >= 4 is 38.8 Å². The third kappa shape index (κ3) is 2.45. The fourth-order valence-corrected chi connectivity index (χ4v) is 3.81. The van der Waals surface area contributed by atoms with Crippen LogP contribution in [0.2, 0.25) is 0 Å². The SMILES string of the molecule is O=C(O)C1SSC=C1c1ccc([N+](=O)[O-])cc1. The summed E-state index contributed by atoms with van der Waals surface area (Å²) in [6, 6.07) is 5.91. The van der Waals surface area contributed by atoms with Crippen molar-refractivity contribution in [2.45, 2.75) is 5.25 Å². The Hall–Kier alpha value is -1.47. The average molecular weight is 269 g/mol. The highest BCUT2D eigenvalue weighted by molar-refractivity contribution is 8.78. The van der Waals surface area contributed by atoms with Gasteiger partial charge in [0.2, 0.25) is 0 Å². The lowest BCUT2D eigenvalue weighted by Crippen LogP contribution is -2.15. The van der Waals surface area contributed by atoms with E-state index < -0.39 is 16.1 Å². The van der Waals surface area contributed by atoms with Gasteiger partial charge in [-0.2, -0.15) is 0 Å². The molecule has 17 heavy (non-hydrogen) atoms. The molecule has 5 nitrogen and oxygen atoms in total. The minimum Gasteiger partial charge on any atom is -0.480 e. The number of hydrogen-bond acceptors (Lipinski definition) is 5. The predicted octanol–water partition coefficient (Wildman–Crippen LogP) is 2.78. The largest absolute Gasteiger partial charge is 0.480 e. The van der Waals surface area contributed by atoms with Crippen molar-refractivity contribution < 1.29 is 14.8 Å². The summed E-state index contributed by atoms with van der Waals surface area (Å²) in [4.78, 5) is 21.0. The second-order valence-electron chi connectivity index (χ2n) is 3.29. The Labute approximate surface area is 104 Å². The van der Waals surface area contributed by atoms with Crippen molar-refractivity contribution in [2.24, 2.45) is 0 Å². The number of aliphatic carboxylic acids is 1. The molecule has 1 aliphatic rings. The third-order valence-electron chi connectivity index (χ3n) is 2.25. The highest BCUT2D eigenvalue weighted by atomic mass is 33.1. The lowest BCUT2D eigenvalue weighted by atomic mass is 10.0. The molecule has 1 aromatic carbocycles. The number of benzene rings is 1. The molecule has 0 radical (unpaired) electrons. The first-order valence-corrected chi connectivity index (χ1v) is 6.87. The number of carboxylic acids is 1. The molecule has 0 saturated heterocycles. The van der Waals surface area contributed by atoms with E-state index in [2.05, 4.69) is 0 Å². The Morgan fingerprint density at radius 2 is 2.00 bits per heavy atom. The van der Waals surface area contributed by atoms with Gasteiger partial charge < -0.3 is 5.11 Å². The molecule has 1 N–H and O–H groups in total. The number of carbonyl (C=O) groups is 1. The maximum atomic E-state index is 11.0. The Morgan fingerprint density at radius 1 is 1.35 bits per heavy atom. The smallest absolute Gasteiger partial charge is 0.322 e. The first kappa shape index (κ1) is 12.0. The second kappa shape index (κ2) is 4.80. The van der Waals surface area contributed by atoms with E-state index in [1.54, 1.807) is 17.5 Å². The van der Waals surface area contributed by atoms with Crippen LogP contribution < -0.4 is 0 Å². The van der Waals surface area contributed by atoms with Crippen molar-refractivity contribution in [3.8, 4) is 0 Å². The minimum absolute atomic E-state index is 0.000437. The van der Waals surface area contributed by atoms with Crippen LogP contribution in [0.3, 0.4) is 0 Å². The lowest BCUT2D eigenvalue weighted by molar-refractivity contribution is -0.384. The van der Waals surface area contributed by atoms with Crippen LogP contribution in [-0.2, 0) is 4.79 Å². The van der Waals surface area contributed by atoms with Gasteiger partial charge in [-0.3, -0.25) is 14.9 Å². The van der Waals surface area contributed by atoms with E-state index in [-0.39, 0.29) is 5.69 Å². The highest BCUT2D eigenvalue weighted by Crippen LogP contribution is 2.45. The molecular weight excluding hydrogens is 262 g/mol. The molecule has 0 fully saturated rings. The number of carboxylic acid groups (broad SMARTS) is 1. The Morgan fingerprint density at radius 3 is 2.53 bits per heavy atom. The number of nitro groups is 1. The summed E-state index contributed by atoms with van der Waals surface area (Å²) >= 11 is 0. The molecule has 0 amide bonds. The summed E-state index contributed by atoms with van der Waals surface area (Å²) in [6.07, 6.45) is 0. The summed E-state index contributed by atoms with van der Waals surface area (Å²) in [5.41, 5.74) is 1.39. The summed E-state index contributed by atoms with van der Waals surface area (Å²) in [6.45, 7) is 0. The van der Waals surface area contributed by atoms with Crippen LogP contribution in [0.1, 0.15) is 5.56 Å². The van der Waals surface area contributed by atoms with Crippen LogP contribution in [0.4, 0.5) is 5.69 Å². The van der Waals surface area contributed by atoms with E-state index in [0.717, 1.165) is 0 Å². The summed E-state index contributed by atoms with van der Waals surface area (Å²) in [7, 11) is 2.62. The van der Waals surface area contributed by atoms with Gasteiger partial charge in [0.05, 0.1) is 4.92 Å². The van der Waals surface area contributed by atoms with Gasteiger partial charge in [-0.15, -0.1) is 0 Å². The zero-order chi connectivity index (χ0) is 12.4. The van der Waals surface area contributed by atoms with E-state index in [4.69, 9.17) is 5.11 Å². The predicted molar refractivity (Wildman–Crippen MR) is 67.7 cm³/mol. The van der Waals surface area contributed by atoms with Gasteiger partial charge in [0, 0.05) is 12.1 Å². The molecule has 2 rings (SSSR count). The van der Waals surface area contributed by atoms with Gasteiger partial charge in [0.25, 0.3) is 5.69 Å². The number of non-ortho nitro benzene ring substituents is 1. The molecule has 88 valence electrons. The normalized spacial score (nSPS) is 18.8. The molecule has 0 aromatic heterocycles. The van der Waals surface area contributed by atoms with Crippen LogP contribution in [0.15, 0.2) is 29.7 Å². The number of rotatable bonds is 3. The maximum Gasteiger partial charge on any atom is 0.322 e. The summed E-state index contributed by atoms with van der Waals surface area (Å²) < 4.78 is 0. The van der Waals surface area contributed by atoms with E-state index in [1.165, 1.54) is 33.7 Å². The zero-order valence-electron chi connectivity index (χ0n) is 8.40. The van der Waals surface area contributed by atoms with Crippen LogP contribution in [0.25, 0.3) is 5.57 Å². The van der Waals surface area contributed by atoms with Gasteiger partial charge in [0.15, 0.2) is 0 Å². The lowest BCUT2D eigenvalue weighted by Gasteiger charge is -2.08. The average Bonchev–Trinajstić information content (AvgIpc) is 2.78. The quantitative estimate of drug-likeness (QED) is 0.516. The molecule has 1 unspecified atom stereocenters. The van der Waals surface area contributed by atoms with Crippen LogP contribution >= 0.6 is 21.6 Å². The molecule has 0 saturated carbocycles. The van der Waals surface area contributed by atoms with Crippen LogP contribution in [-0.4, -0.2) is 21.2 Å². The van der Waals surface area contributed by atoms with Crippen LogP contribution in [0, 0.1) is 10.1 Å². The molecule has 1 heterocycles. The zero-order valence-corrected chi connectivity index (χ0v) is 10.0. The van der Waals surface area contributed by atoms with E-state index in [0.29, 0.717) is 11.1 Å². The molecule has 0 aliphatic carbocycles. The van der Waals surface area contributed by atoms with Crippen molar-refractivity contribution in [3.05, 3.63) is 45.4 Å². The number of hydrogen-bond donors (Lipinski definition) is 1. The fourth-order valence-electron chi connectivity index (χ4n) is 1.42. The maximum absolute atomic E-state index is 11.0. The van der Waals surface area contributed by atoms with Gasteiger partial charge in [-0.05, 0) is 28.7 Å². The van der Waals surface area contributed by atoms with Gasteiger partial charge in [0.1, 0.15) is 5.25 Å². The molecule has 0 spiro atoms. The fraction of sp³-hybridized carbons (Fsp3) is 0.100. The Kier molecular flexibility index (Phi) is 3.39. The summed E-state index contributed by atoms with van der Waals surface area (Å²) in [5.74, 6) is -0.899. The first-order valence-electron chi connectivity index (χ1n) is 4.59. The molecule has 0 bridgehead atoms. The van der Waals surface area contributed by atoms with Crippen molar-refractivity contribution in [3.63, 3.8) is 0 Å². The van der Waals surface area contributed by atoms with E-state index in [1.807, 2.05) is 0 Å². The highest BCUT2D eigenvalue weighted by Gasteiger charge is 2.28. The minimum atomic E-state index is -0.899. The van der Waals surface area contributed by atoms with Crippen LogP contribution in [0.5, 0.6) is 0 Å². The number of nitrogens with zero attached hydrogens (tertiary/aromatic N) is 1. The molecule has 1 aliphatic heterocycles. The second-order valence-corrected chi connectivity index (χ2v) is 5.53. The van der Waals surface area contributed by atoms with Crippen molar-refractivity contribution in [1.29, 1.82) is 0 Å². The molecular formula is C10H7NO4S2. The topological polar surface area (TPSA) is 80.4 Å². The molecule has 7 heteroatoms. The number of nitro benzene ring substituents is 1. The molecule has 1 atom stereocenters. The van der Waals surface area contributed by atoms with Crippen molar-refractivity contribution in [1.82, 2.24) is 0 Å². The monoisotopic (exact) mass is 269 g/mol. The van der Waals surface area contributed by atoms with E-state index >= 15 is 0 Å². The van der Waals surface area contributed by atoms with Gasteiger partial charge in [-0.25, -0.2) is 0 Å². The molecule has 1 aromatic rings. The Balaban J connectivity index is 2.28. The Bertz CT molecular complexity index is 498. The van der Waals surface area contributed by atoms with Gasteiger partial charge in [-0.1, -0.05) is 21.6 Å². The van der Waals surface area contributed by atoms with E-state index in [9.17, 15) is 14.9 Å². The van der Waals surface area contributed by atoms with Gasteiger partial charge >= 0.3 is 5.97 Å². The first-order chi connectivity index (χ1) is 8.09. The summed E-state index contributed by atoms with van der Waals surface area (Å²) in [5, 5.41) is 20.7. The standard InChI is InChI=1S/C10H7NO4S2/c12-10(13)9-8(5-16-17-9)6-1-3-7(4-2-6)11(14)15/h1-5,9H,(H,12,13).